The topological polar surface area (TPSA) is 0 Å². The van der Waals surface area contributed by atoms with Crippen LogP contribution in [0.15, 0.2) is 24.3 Å². The fraction of sp³-hybridized carbons (Fsp3) is 0.829. The van der Waals surface area contributed by atoms with E-state index >= 15 is 0 Å². The molecule has 2 aliphatic carbocycles. The highest BCUT2D eigenvalue weighted by Gasteiger charge is 2.49. The summed E-state index contributed by atoms with van der Waals surface area (Å²) in [5.41, 5.74) is 10.7. The SMILES string of the molecule is CCCCCCCCCCCCCCCCC1(CCCCCCCCCCCCCCCC)c2cc3c(cc2-c2sc(C)cc21)C(CCCCCCCCCCCCCCCC)(CCCCCCCCCCCCCCCC)c1cc(C)sc1-3. The number of benzene rings is 1. The molecule has 0 amide bonds. The van der Waals surface area contributed by atoms with Gasteiger partial charge in [-0.3, -0.25) is 0 Å². The highest BCUT2D eigenvalue weighted by Crippen LogP contribution is 2.63. The molecular formula is C82H142S2. The van der Waals surface area contributed by atoms with E-state index in [9.17, 15) is 0 Å². The highest BCUT2D eigenvalue weighted by atomic mass is 32.1. The Hall–Kier alpha value is -1.38. The average Bonchev–Trinajstić information content (AvgIpc) is 1.66. The second-order valence-electron chi connectivity index (χ2n) is 28.7. The normalized spacial score (nSPS) is 13.8. The third kappa shape index (κ3) is 26.6. The van der Waals surface area contributed by atoms with E-state index in [-0.39, 0.29) is 10.8 Å². The predicted molar refractivity (Wildman–Crippen MR) is 384 cm³/mol. The number of unbranched alkanes of at least 4 members (excludes halogenated alkanes) is 52. The Morgan fingerprint density at radius 3 is 0.560 bits per heavy atom. The Bertz CT molecular complexity index is 1820. The molecule has 0 aliphatic heterocycles. The summed E-state index contributed by atoms with van der Waals surface area (Å²) in [7, 11) is 0. The van der Waals surface area contributed by atoms with Crippen LogP contribution >= 0.6 is 22.7 Å². The fourth-order valence-electron chi connectivity index (χ4n) is 16.0. The van der Waals surface area contributed by atoms with Crippen molar-refractivity contribution in [1.82, 2.24) is 0 Å². The first-order valence-corrected chi connectivity index (χ1v) is 40.5. The molecule has 3 aromatic rings. The number of hydrogen-bond acceptors (Lipinski definition) is 2. The van der Waals surface area contributed by atoms with Gasteiger partial charge in [-0.15, -0.1) is 22.7 Å². The van der Waals surface area contributed by atoms with Gasteiger partial charge in [0, 0.05) is 30.3 Å². The second-order valence-corrected chi connectivity index (χ2v) is 31.2. The zero-order chi connectivity index (χ0) is 59.4. The van der Waals surface area contributed by atoms with E-state index in [4.69, 9.17) is 0 Å². The maximum Gasteiger partial charge on any atom is 0.0389 e. The molecule has 0 saturated carbocycles. The fourth-order valence-corrected chi connectivity index (χ4v) is 18.3. The van der Waals surface area contributed by atoms with Crippen molar-refractivity contribution >= 4 is 22.7 Å². The second kappa shape index (κ2) is 46.7. The molecule has 0 atom stereocenters. The van der Waals surface area contributed by atoms with Crippen molar-refractivity contribution < 1.29 is 0 Å². The average molecular weight is 1190 g/mol. The lowest BCUT2D eigenvalue weighted by atomic mass is 9.68. The standard InChI is InChI=1S/C82H142S2/c1-7-11-15-19-23-27-31-35-39-43-47-51-55-59-63-81(64-60-56-52-48-44-40-36-32-28-24-20-16-12-8-2)75-69-74-76(70-73(75)79-77(81)67-71(5)83-79)82(78-68-72(6)84-80(74)78,65-61-57-53-49-45-41-37-33-29-25-21-17-13-9-3)66-62-58-54-50-46-42-38-34-30-26-22-18-14-10-4/h67-70H,7-66H2,1-6H3. The van der Waals surface area contributed by atoms with Crippen molar-refractivity contribution in [1.29, 1.82) is 0 Å². The summed E-state index contributed by atoms with van der Waals surface area (Å²) in [5.74, 6) is 0. The number of aryl methyl sites for hydroxylation is 2. The molecule has 0 nitrogen and oxygen atoms in total. The van der Waals surface area contributed by atoms with Crippen LogP contribution in [0.4, 0.5) is 0 Å². The third-order valence-electron chi connectivity index (χ3n) is 21.2. The van der Waals surface area contributed by atoms with Crippen LogP contribution in [-0.2, 0) is 10.8 Å². The minimum atomic E-state index is 0.166. The molecule has 0 spiro atoms. The first-order valence-electron chi connectivity index (χ1n) is 38.9. The lowest BCUT2D eigenvalue weighted by molar-refractivity contribution is 0.394. The van der Waals surface area contributed by atoms with Gasteiger partial charge in [0.05, 0.1) is 0 Å². The van der Waals surface area contributed by atoms with Gasteiger partial charge in [0.25, 0.3) is 0 Å². The van der Waals surface area contributed by atoms with Crippen LogP contribution in [0.2, 0.25) is 0 Å². The smallest absolute Gasteiger partial charge is 0.0389 e. The van der Waals surface area contributed by atoms with E-state index in [1.165, 1.54) is 385 Å². The molecule has 2 heterocycles. The van der Waals surface area contributed by atoms with Gasteiger partial charge in [-0.05, 0) is 97.2 Å². The first-order chi connectivity index (χ1) is 41.5. The quantitative estimate of drug-likeness (QED) is 0.0494. The number of thiophene rings is 2. The van der Waals surface area contributed by atoms with E-state index in [1.54, 1.807) is 52.9 Å². The molecule has 1 aromatic carbocycles. The highest BCUT2D eigenvalue weighted by molar-refractivity contribution is 7.16. The molecule has 2 aromatic heterocycles. The summed E-state index contributed by atoms with van der Waals surface area (Å²) in [5, 5.41) is 0. The van der Waals surface area contributed by atoms with Crippen LogP contribution in [-0.4, -0.2) is 0 Å². The monoisotopic (exact) mass is 1190 g/mol. The first kappa shape index (κ1) is 73.4. The van der Waals surface area contributed by atoms with E-state index in [0.29, 0.717) is 0 Å². The van der Waals surface area contributed by atoms with Crippen molar-refractivity contribution in [2.75, 3.05) is 0 Å². The minimum Gasteiger partial charge on any atom is -0.140 e. The third-order valence-corrected chi connectivity index (χ3v) is 23.4. The van der Waals surface area contributed by atoms with Gasteiger partial charge in [0.2, 0.25) is 0 Å². The van der Waals surface area contributed by atoms with Crippen LogP contribution in [0.5, 0.6) is 0 Å². The maximum absolute atomic E-state index is 2.91. The molecule has 0 fully saturated rings. The summed E-state index contributed by atoms with van der Waals surface area (Å²) in [6.07, 6.45) is 85.9. The number of fused-ring (bicyclic) bond motifs is 6. The van der Waals surface area contributed by atoms with E-state index in [2.05, 4.69) is 88.5 Å². The number of hydrogen-bond donors (Lipinski definition) is 0. The zero-order valence-corrected chi connectivity index (χ0v) is 59.2. The lowest BCUT2D eigenvalue weighted by Gasteiger charge is -2.34. The molecule has 2 aliphatic rings. The van der Waals surface area contributed by atoms with E-state index < -0.39 is 0 Å². The Balaban J connectivity index is 1.28. The summed E-state index contributed by atoms with van der Waals surface area (Å²) in [6.45, 7) is 14.2. The molecule has 0 saturated heterocycles. The molecule has 84 heavy (non-hydrogen) atoms. The van der Waals surface area contributed by atoms with Crippen LogP contribution in [0, 0.1) is 13.8 Å². The lowest BCUT2D eigenvalue weighted by Crippen LogP contribution is -2.27. The molecule has 0 bridgehead atoms. The molecule has 0 N–H and O–H groups in total. The van der Waals surface area contributed by atoms with E-state index in [0.717, 1.165) is 0 Å². The van der Waals surface area contributed by atoms with Crippen LogP contribution in [0.3, 0.4) is 0 Å². The Labute approximate surface area is 534 Å². The van der Waals surface area contributed by atoms with E-state index in [1.807, 2.05) is 0 Å². The van der Waals surface area contributed by atoms with Crippen molar-refractivity contribution in [2.45, 2.75) is 438 Å². The molecule has 482 valence electrons. The maximum atomic E-state index is 2.91. The molecule has 0 unspecified atom stereocenters. The molecular weight excluding hydrogens is 1050 g/mol. The summed E-state index contributed by atoms with van der Waals surface area (Å²) in [6, 6.07) is 11.3. The van der Waals surface area contributed by atoms with Crippen LogP contribution in [0.1, 0.15) is 445 Å². The summed E-state index contributed by atoms with van der Waals surface area (Å²) >= 11 is 4.32. The summed E-state index contributed by atoms with van der Waals surface area (Å²) < 4.78 is 0. The van der Waals surface area contributed by atoms with Gasteiger partial charge in [0.15, 0.2) is 0 Å². The molecule has 0 radical (unpaired) electrons. The van der Waals surface area contributed by atoms with Crippen LogP contribution in [0.25, 0.3) is 20.9 Å². The van der Waals surface area contributed by atoms with Crippen molar-refractivity contribution in [3.8, 4) is 20.9 Å². The minimum absolute atomic E-state index is 0.166. The van der Waals surface area contributed by atoms with Gasteiger partial charge in [-0.1, -0.05) is 387 Å². The Kier molecular flexibility index (Phi) is 40.8. The van der Waals surface area contributed by atoms with Gasteiger partial charge < -0.3 is 0 Å². The van der Waals surface area contributed by atoms with Crippen molar-refractivity contribution in [3.63, 3.8) is 0 Å². The molecule has 5 rings (SSSR count). The zero-order valence-electron chi connectivity index (χ0n) is 57.6. The molecule has 2 heteroatoms. The van der Waals surface area contributed by atoms with Gasteiger partial charge in [-0.25, -0.2) is 0 Å². The predicted octanol–water partition coefficient (Wildman–Crippen LogP) is 30.4. The Morgan fingerprint density at radius 1 is 0.214 bits per heavy atom. The van der Waals surface area contributed by atoms with Gasteiger partial charge >= 0.3 is 0 Å². The van der Waals surface area contributed by atoms with Crippen molar-refractivity contribution in [2.24, 2.45) is 0 Å². The summed E-state index contributed by atoms with van der Waals surface area (Å²) in [4.78, 5) is 6.44. The van der Waals surface area contributed by atoms with Gasteiger partial charge in [-0.2, -0.15) is 0 Å². The van der Waals surface area contributed by atoms with Crippen molar-refractivity contribution in [3.05, 3.63) is 56.3 Å². The Morgan fingerprint density at radius 2 is 0.381 bits per heavy atom. The van der Waals surface area contributed by atoms with Crippen LogP contribution < -0.4 is 0 Å². The largest absolute Gasteiger partial charge is 0.140 e. The van der Waals surface area contributed by atoms with Gasteiger partial charge in [0.1, 0.15) is 0 Å². The number of rotatable bonds is 60.